The standard InChI is InChI=1S/C20H21N3O3/c24-20(25)18-14-15-4-3-6-17(19(15)26-18)23-12-10-22(11-13-23)9-7-16-5-1-2-8-21-16/h1-6,8,14H,7,9-13H2,(H,24,25). The minimum Gasteiger partial charge on any atom is -0.475 e. The third-order valence-corrected chi connectivity index (χ3v) is 4.86. The Balaban J connectivity index is 1.41. The highest BCUT2D eigenvalue weighted by molar-refractivity contribution is 5.96. The topological polar surface area (TPSA) is 69.8 Å². The van der Waals surface area contributed by atoms with Crippen LogP contribution >= 0.6 is 0 Å². The number of para-hydroxylation sites is 1. The molecule has 0 saturated carbocycles. The fourth-order valence-electron chi connectivity index (χ4n) is 3.43. The number of nitrogens with zero attached hydrogens (tertiary/aromatic N) is 3. The van der Waals surface area contributed by atoms with Crippen molar-refractivity contribution in [1.82, 2.24) is 9.88 Å². The van der Waals surface area contributed by atoms with E-state index >= 15 is 0 Å². The summed E-state index contributed by atoms with van der Waals surface area (Å²) in [5.74, 6) is -1.05. The molecule has 1 aliphatic rings. The Kier molecular flexibility index (Phi) is 4.58. The first-order chi connectivity index (χ1) is 12.7. The summed E-state index contributed by atoms with van der Waals surface area (Å²) in [6.07, 6.45) is 2.79. The van der Waals surface area contributed by atoms with Gasteiger partial charge in [-0.15, -0.1) is 0 Å². The molecule has 0 aliphatic carbocycles. The van der Waals surface area contributed by atoms with Gasteiger partial charge in [-0.2, -0.15) is 0 Å². The van der Waals surface area contributed by atoms with E-state index in [1.807, 2.05) is 36.5 Å². The molecule has 26 heavy (non-hydrogen) atoms. The molecule has 0 unspecified atom stereocenters. The molecule has 1 saturated heterocycles. The van der Waals surface area contributed by atoms with Crippen molar-refractivity contribution in [2.24, 2.45) is 0 Å². The molecule has 6 heteroatoms. The Labute approximate surface area is 151 Å². The van der Waals surface area contributed by atoms with Gasteiger partial charge in [0, 0.05) is 56.4 Å². The number of hydrogen-bond donors (Lipinski definition) is 1. The van der Waals surface area contributed by atoms with E-state index in [-0.39, 0.29) is 5.76 Å². The number of anilines is 1. The molecule has 1 fully saturated rings. The molecule has 0 spiro atoms. The maximum absolute atomic E-state index is 11.2. The van der Waals surface area contributed by atoms with Gasteiger partial charge in [-0.25, -0.2) is 4.79 Å². The number of carboxylic acid groups (broad SMARTS) is 1. The molecule has 1 aliphatic heterocycles. The number of piperazine rings is 1. The largest absolute Gasteiger partial charge is 0.475 e. The highest BCUT2D eigenvalue weighted by Crippen LogP contribution is 2.30. The fraction of sp³-hybridized carbons (Fsp3) is 0.300. The first-order valence-electron chi connectivity index (χ1n) is 8.84. The highest BCUT2D eigenvalue weighted by Gasteiger charge is 2.21. The Morgan fingerprint density at radius 2 is 1.96 bits per heavy atom. The SMILES string of the molecule is O=C(O)c1cc2cccc(N3CCN(CCc4ccccn4)CC3)c2o1. The maximum Gasteiger partial charge on any atom is 0.371 e. The lowest BCUT2D eigenvalue weighted by Crippen LogP contribution is -2.47. The van der Waals surface area contributed by atoms with Crippen LogP contribution in [0.3, 0.4) is 0 Å². The predicted octanol–water partition coefficient (Wildman–Crippen LogP) is 2.89. The molecule has 134 valence electrons. The van der Waals surface area contributed by atoms with Gasteiger partial charge >= 0.3 is 5.97 Å². The van der Waals surface area contributed by atoms with E-state index in [2.05, 4.69) is 20.9 Å². The van der Waals surface area contributed by atoms with Gasteiger partial charge in [0.05, 0.1) is 5.69 Å². The fourth-order valence-corrected chi connectivity index (χ4v) is 3.43. The molecular weight excluding hydrogens is 330 g/mol. The van der Waals surface area contributed by atoms with Crippen molar-refractivity contribution in [2.75, 3.05) is 37.6 Å². The van der Waals surface area contributed by atoms with Crippen molar-refractivity contribution in [3.63, 3.8) is 0 Å². The quantitative estimate of drug-likeness (QED) is 0.762. The van der Waals surface area contributed by atoms with Crippen molar-refractivity contribution in [3.05, 3.63) is 60.1 Å². The minimum atomic E-state index is -1.04. The molecule has 0 radical (unpaired) electrons. The number of furan rings is 1. The molecule has 0 bridgehead atoms. The van der Waals surface area contributed by atoms with Crippen LogP contribution in [0.2, 0.25) is 0 Å². The highest BCUT2D eigenvalue weighted by atomic mass is 16.4. The number of rotatable bonds is 5. The van der Waals surface area contributed by atoms with Crippen LogP contribution in [-0.4, -0.2) is 53.7 Å². The van der Waals surface area contributed by atoms with Crippen molar-refractivity contribution < 1.29 is 14.3 Å². The van der Waals surface area contributed by atoms with Gasteiger partial charge in [-0.05, 0) is 24.3 Å². The lowest BCUT2D eigenvalue weighted by molar-refractivity contribution is 0.0665. The number of fused-ring (bicyclic) bond motifs is 1. The summed E-state index contributed by atoms with van der Waals surface area (Å²) in [5.41, 5.74) is 2.75. The van der Waals surface area contributed by atoms with E-state index in [1.165, 1.54) is 0 Å². The van der Waals surface area contributed by atoms with Crippen molar-refractivity contribution in [2.45, 2.75) is 6.42 Å². The average molecular weight is 351 g/mol. The van der Waals surface area contributed by atoms with Gasteiger partial charge in [-0.1, -0.05) is 18.2 Å². The van der Waals surface area contributed by atoms with Crippen LogP contribution in [0, 0.1) is 0 Å². The maximum atomic E-state index is 11.2. The second-order valence-corrected chi connectivity index (χ2v) is 6.51. The van der Waals surface area contributed by atoms with Gasteiger partial charge in [0.25, 0.3) is 0 Å². The molecular formula is C20H21N3O3. The number of hydrogen-bond acceptors (Lipinski definition) is 5. The van der Waals surface area contributed by atoms with E-state index in [0.29, 0.717) is 5.58 Å². The van der Waals surface area contributed by atoms with Gasteiger partial charge in [0.2, 0.25) is 5.76 Å². The second kappa shape index (κ2) is 7.17. The number of aromatic carboxylic acids is 1. The van der Waals surface area contributed by atoms with Crippen LogP contribution in [0.5, 0.6) is 0 Å². The van der Waals surface area contributed by atoms with Crippen LogP contribution in [0.25, 0.3) is 11.0 Å². The number of benzene rings is 1. The van der Waals surface area contributed by atoms with E-state index in [9.17, 15) is 4.79 Å². The predicted molar refractivity (Wildman–Crippen MR) is 99.8 cm³/mol. The Morgan fingerprint density at radius 3 is 2.69 bits per heavy atom. The van der Waals surface area contributed by atoms with E-state index in [1.54, 1.807) is 6.07 Å². The van der Waals surface area contributed by atoms with Crippen LogP contribution < -0.4 is 4.90 Å². The summed E-state index contributed by atoms with van der Waals surface area (Å²) in [6.45, 7) is 4.72. The number of aromatic nitrogens is 1. The van der Waals surface area contributed by atoms with Gasteiger partial charge in [0.1, 0.15) is 0 Å². The normalized spacial score (nSPS) is 15.5. The molecule has 1 aromatic carbocycles. The van der Waals surface area contributed by atoms with Crippen molar-refractivity contribution >= 4 is 22.6 Å². The zero-order valence-electron chi connectivity index (χ0n) is 14.5. The van der Waals surface area contributed by atoms with Crippen molar-refractivity contribution in [3.8, 4) is 0 Å². The van der Waals surface area contributed by atoms with Gasteiger partial charge in [-0.3, -0.25) is 9.88 Å². The Morgan fingerprint density at radius 1 is 1.12 bits per heavy atom. The molecule has 0 amide bonds. The number of pyridine rings is 1. The number of carboxylic acids is 1. The van der Waals surface area contributed by atoms with Crippen LogP contribution in [0.4, 0.5) is 5.69 Å². The third kappa shape index (κ3) is 3.41. The zero-order valence-corrected chi connectivity index (χ0v) is 14.5. The van der Waals surface area contributed by atoms with Gasteiger partial charge < -0.3 is 14.4 Å². The van der Waals surface area contributed by atoms with E-state index in [4.69, 9.17) is 9.52 Å². The van der Waals surface area contributed by atoms with Crippen LogP contribution in [-0.2, 0) is 6.42 Å². The molecule has 1 N–H and O–H groups in total. The molecule has 2 aromatic heterocycles. The van der Waals surface area contributed by atoms with E-state index in [0.717, 1.165) is 55.9 Å². The average Bonchev–Trinajstić information content (AvgIpc) is 3.12. The van der Waals surface area contributed by atoms with Gasteiger partial charge in [0.15, 0.2) is 5.58 Å². The summed E-state index contributed by atoms with van der Waals surface area (Å²) >= 11 is 0. The molecule has 4 rings (SSSR count). The summed E-state index contributed by atoms with van der Waals surface area (Å²) in [7, 11) is 0. The summed E-state index contributed by atoms with van der Waals surface area (Å²) < 4.78 is 5.58. The smallest absolute Gasteiger partial charge is 0.371 e. The van der Waals surface area contributed by atoms with E-state index < -0.39 is 5.97 Å². The summed E-state index contributed by atoms with van der Waals surface area (Å²) in [4.78, 5) is 20.3. The summed E-state index contributed by atoms with van der Waals surface area (Å²) in [5, 5.41) is 9.99. The molecule has 0 atom stereocenters. The van der Waals surface area contributed by atoms with Crippen molar-refractivity contribution in [1.29, 1.82) is 0 Å². The first kappa shape index (κ1) is 16.6. The number of carbonyl (C=O) groups is 1. The second-order valence-electron chi connectivity index (χ2n) is 6.51. The lowest BCUT2D eigenvalue weighted by Gasteiger charge is -2.36. The van der Waals surface area contributed by atoms with Crippen LogP contribution in [0.1, 0.15) is 16.2 Å². The Bertz CT molecular complexity index is 899. The molecule has 6 nitrogen and oxygen atoms in total. The molecule has 3 heterocycles. The summed E-state index contributed by atoms with van der Waals surface area (Å²) in [6, 6.07) is 13.5. The lowest BCUT2D eigenvalue weighted by atomic mass is 10.2. The third-order valence-electron chi connectivity index (χ3n) is 4.86. The zero-order chi connectivity index (χ0) is 17.9. The Hall–Kier alpha value is -2.86. The first-order valence-corrected chi connectivity index (χ1v) is 8.84. The molecule has 3 aromatic rings. The monoisotopic (exact) mass is 351 g/mol. The van der Waals surface area contributed by atoms with Crippen LogP contribution in [0.15, 0.2) is 53.1 Å². The minimum absolute atomic E-state index is 0.0125.